The van der Waals surface area contributed by atoms with Gasteiger partial charge < -0.3 is 5.73 Å². The number of hydrogen-bond donors (Lipinski definition) is 2. The van der Waals surface area contributed by atoms with Crippen molar-refractivity contribution in [2.75, 3.05) is 13.1 Å². The van der Waals surface area contributed by atoms with Gasteiger partial charge in [0.05, 0.1) is 11.9 Å². The normalized spacial score (nSPS) is 11.9. The summed E-state index contributed by atoms with van der Waals surface area (Å²) >= 11 is 0. The van der Waals surface area contributed by atoms with E-state index in [2.05, 4.69) is 14.9 Å². The second-order valence-corrected chi connectivity index (χ2v) is 6.48. The zero-order valence-corrected chi connectivity index (χ0v) is 12.8. The second-order valence-electron chi connectivity index (χ2n) is 4.71. The number of sulfonamides is 1. The van der Waals surface area contributed by atoms with Gasteiger partial charge in [-0.1, -0.05) is 0 Å². The number of aryl methyl sites for hydroxylation is 2. The third kappa shape index (κ3) is 4.38. The molecule has 0 saturated heterocycles. The summed E-state index contributed by atoms with van der Waals surface area (Å²) in [5, 5.41) is 8.21. The lowest BCUT2D eigenvalue weighted by atomic mass is 10.3. The van der Waals surface area contributed by atoms with Crippen molar-refractivity contribution < 1.29 is 8.42 Å². The molecule has 0 radical (unpaired) electrons. The van der Waals surface area contributed by atoms with Crippen molar-refractivity contribution in [2.45, 2.75) is 24.3 Å². The summed E-state index contributed by atoms with van der Waals surface area (Å²) in [6, 6.07) is 1.86. The van der Waals surface area contributed by atoms with Crippen molar-refractivity contribution in [2.24, 2.45) is 12.8 Å². The van der Waals surface area contributed by atoms with Crippen molar-refractivity contribution in [1.82, 2.24) is 24.3 Å². The predicted octanol–water partition coefficient (Wildman–Crippen LogP) is -0.514. The molecule has 0 aliphatic carbocycles. The molecule has 0 unspecified atom stereocenters. The van der Waals surface area contributed by atoms with Crippen molar-refractivity contribution in [3.63, 3.8) is 0 Å². The molecule has 0 fully saturated rings. The lowest BCUT2D eigenvalue weighted by molar-refractivity contribution is 0.575. The van der Waals surface area contributed by atoms with Crippen LogP contribution < -0.4 is 10.5 Å². The maximum Gasteiger partial charge on any atom is 0.243 e. The lowest BCUT2D eigenvalue weighted by Crippen LogP contribution is -2.25. The minimum absolute atomic E-state index is 0.167. The van der Waals surface area contributed by atoms with Crippen LogP contribution in [0.2, 0.25) is 0 Å². The first-order valence-electron chi connectivity index (χ1n) is 6.72. The summed E-state index contributed by atoms with van der Waals surface area (Å²) < 4.78 is 30.0. The smallest absolute Gasteiger partial charge is 0.243 e. The van der Waals surface area contributed by atoms with Crippen molar-refractivity contribution in [1.29, 1.82) is 0 Å². The molecule has 0 amide bonds. The fraction of sp³-hybridized carbons (Fsp3) is 0.500. The van der Waals surface area contributed by atoms with E-state index in [1.165, 1.54) is 12.4 Å². The Bertz CT molecular complexity index is 675. The van der Waals surface area contributed by atoms with Gasteiger partial charge in [0.25, 0.3) is 0 Å². The fourth-order valence-corrected chi connectivity index (χ4v) is 2.84. The van der Waals surface area contributed by atoms with Crippen LogP contribution in [0.3, 0.4) is 0 Å². The molecule has 8 nitrogen and oxygen atoms in total. The summed E-state index contributed by atoms with van der Waals surface area (Å²) in [7, 11) is -1.70. The Labute approximate surface area is 124 Å². The van der Waals surface area contributed by atoms with Crippen LogP contribution in [-0.4, -0.2) is 41.1 Å². The maximum atomic E-state index is 12.1. The molecule has 0 atom stereocenters. The number of aromatic nitrogens is 4. The van der Waals surface area contributed by atoms with Gasteiger partial charge in [0.15, 0.2) is 0 Å². The van der Waals surface area contributed by atoms with E-state index in [4.69, 9.17) is 5.73 Å². The average Bonchev–Trinajstić information content (AvgIpc) is 3.06. The van der Waals surface area contributed by atoms with Crippen LogP contribution in [0.4, 0.5) is 0 Å². The predicted molar refractivity (Wildman–Crippen MR) is 78.0 cm³/mol. The lowest BCUT2D eigenvalue weighted by Gasteiger charge is -2.03. The van der Waals surface area contributed by atoms with Gasteiger partial charge in [-0.2, -0.15) is 10.2 Å². The largest absolute Gasteiger partial charge is 0.330 e. The standard InChI is InChI=1S/C12H20N6O2S/c1-17-8-4-11(16-17)3-6-15-21(19,20)12-9-14-18(10-12)7-2-5-13/h4,8-10,15H,2-3,5-7,13H2,1H3. The van der Waals surface area contributed by atoms with Crippen LogP contribution in [-0.2, 0) is 30.0 Å². The maximum absolute atomic E-state index is 12.1. The van der Waals surface area contributed by atoms with E-state index in [-0.39, 0.29) is 4.90 Å². The average molecular weight is 312 g/mol. The molecular formula is C12H20N6O2S. The highest BCUT2D eigenvalue weighted by atomic mass is 32.2. The Morgan fingerprint density at radius 2 is 2.24 bits per heavy atom. The summed E-state index contributed by atoms with van der Waals surface area (Å²) in [5.41, 5.74) is 6.26. The van der Waals surface area contributed by atoms with Crippen LogP contribution in [0, 0.1) is 0 Å². The molecule has 0 aliphatic heterocycles. The van der Waals surface area contributed by atoms with Gasteiger partial charge in [0.1, 0.15) is 4.90 Å². The van der Waals surface area contributed by atoms with E-state index in [9.17, 15) is 8.42 Å². The van der Waals surface area contributed by atoms with Crippen LogP contribution in [0.1, 0.15) is 12.1 Å². The molecule has 2 aromatic rings. The molecule has 116 valence electrons. The van der Waals surface area contributed by atoms with Crippen LogP contribution in [0.5, 0.6) is 0 Å². The van der Waals surface area contributed by atoms with Crippen LogP contribution >= 0.6 is 0 Å². The van der Waals surface area contributed by atoms with Gasteiger partial charge in [-0.3, -0.25) is 9.36 Å². The minimum atomic E-state index is -3.53. The molecule has 0 spiro atoms. The number of nitrogens with two attached hydrogens (primary N) is 1. The SMILES string of the molecule is Cn1ccc(CCNS(=O)(=O)c2cnn(CCCN)c2)n1. The number of nitrogens with one attached hydrogen (secondary N) is 1. The second kappa shape index (κ2) is 6.83. The Balaban J connectivity index is 1.90. The Morgan fingerprint density at radius 1 is 1.43 bits per heavy atom. The van der Waals surface area contributed by atoms with Gasteiger partial charge in [0.2, 0.25) is 10.0 Å². The molecular weight excluding hydrogens is 292 g/mol. The molecule has 2 rings (SSSR count). The molecule has 0 bridgehead atoms. The highest BCUT2D eigenvalue weighted by Gasteiger charge is 2.16. The van der Waals surface area contributed by atoms with E-state index in [1.807, 2.05) is 19.3 Å². The summed E-state index contributed by atoms with van der Waals surface area (Å²) in [6.45, 7) is 1.46. The monoisotopic (exact) mass is 312 g/mol. The first-order valence-corrected chi connectivity index (χ1v) is 8.20. The van der Waals surface area contributed by atoms with Crippen LogP contribution in [0.25, 0.3) is 0 Å². The molecule has 9 heteroatoms. The zero-order valence-electron chi connectivity index (χ0n) is 11.9. The van der Waals surface area contributed by atoms with Crippen molar-refractivity contribution in [3.8, 4) is 0 Å². The molecule has 0 aromatic carbocycles. The summed E-state index contributed by atoms with van der Waals surface area (Å²) in [4.78, 5) is 0.167. The number of nitrogens with zero attached hydrogens (tertiary/aromatic N) is 4. The van der Waals surface area contributed by atoms with Gasteiger partial charge >= 0.3 is 0 Å². The number of rotatable bonds is 8. The van der Waals surface area contributed by atoms with Gasteiger partial charge in [-0.25, -0.2) is 13.1 Å². The Morgan fingerprint density at radius 3 is 2.90 bits per heavy atom. The van der Waals surface area contributed by atoms with E-state index in [0.29, 0.717) is 26.1 Å². The molecule has 2 heterocycles. The third-order valence-corrected chi connectivity index (χ3v) is 4.37. The van der Waals surface area contributed by atoms with Crippen molar-refractivity contribution >= 4 is 10.0 Å². The van der Waals surface area contributed by atoms with E-state index < -0.39 is 10.0 Å². The molecule has 0 saturated carbocycles. The highest BCUT2D eigenvalue weighted by molar-refractivity contribution is 7.89. The summed E-state index contributed by atoms with van der Waals surface area (Å²) in [6.07, 6.45) is 5.99. The van der Waals surface area contributed by atoms with E-state index >= 15 is 0 Å². The Kier molecular flexibility index (Phi) is 5.10. The Hall–Kier alpha value is -1.71. The minimum Gasteiger partial charge on any atom is -0.330 e. The molecule has 3 N–H and O–H groups in total. The van der Waals surface area contributed by atoms with E-state index in [1.54, 1.807) is 9.36 Å². The van der Waals surface area contributed by atoms with Gasteiger partial charge in [-0.15, -0.1) is 0 Å². The quantitative estimate of drug-likeness (QED) is 0.682. The van der Waals surface area contributed by atoms with Crippen molar-refractivity contribution in [3.05, 3.63) is 30.4 Å². The first-order chi connectivity index (χ1) is 10.0. The molecule has 2 aromatic heterocycles. The zero-order chi connectivity index (χ0) is 15.3. The topological polar surface area (TPSA) is 108 Å². The van der Waals surface area contributed by atoms with Crippen LogP contribution in [0.15, 0.2) is 29.6 Å². The van der Waals surface area contributed by atoms with E-state index in [0.717, 1.165) is 12.1 Å². The van der Waals surface area contributed by atoms with Gasteiger partial charge in [-0.05, 0) is 19.0 Å². The first kappa shape index (κ1) is 15.7. The molecule has 0 aliphatic rings. The number of hydrogen-bond acceptors (Lipinski definition) is 5. The highest BCUT2D eigenvalue weighted by Crippen LogP contribution is 2.07. The fourth-order valence-electron chi connectivity index (χ4n) is 1.85. The summed E-state index contributed by atoms with van der Waals surface area (Å²) in [5.74, 6) is 0. The van der Waals surface area contributed by atoms with Gasteiger partial charge in [0, 0.05) is 39.0 Å². The third-order valence-electron chi connectivity index (χ3n) is 2.95. The molecule has 21 heavy (non-hydrogen) atoms.